The van der Waals surface area contributed by atoms with Gasteiger partial charge in [0.05, 0.1) is 35.4 Å². The highest BCUT2D eigenvalue weighted by atomic mass is 32.2. The monoisotopic (exact) mass is 514 g/mol. The Kier molecular flexibility index (Phi) is 6.77. The van der Waals surface area contributed by atoms with Crippen LogP contribution in [0.25, 0.3) is 0 Å². The number of carbonyl (C=O) groups is 3. The third-order valence-corrected chi connectivity index (χ3v) is 8.08. The Bertz CT molecular complexity index is 1080. The number of carboxylic acid groups (broad SMARTS) is 1. The molecule has 2 saturated heterocycles. The molecule has 2 amide bonds. The van der Waals surface area contributed by atoms with Crippen LogP contribution in [-0.4, -0.2) is 62.9 Å². The van der Waals surface area contributed by atoms with E-state index in [1.54, 1.807) is 0 Å². The van der Waals surface area contributed by atoms with Crippen LogP contribution >= 0.6 is 11.8 Å². The van der Waals surface area contributed by atoms with E-state index in [0.717, 1.165) is 6.07 Å². The topological polar surface area (TPSA) is 131 Å². The van der Waals surface area contributed by atoms with Crippen LogP contribution in [0, 0.1) is 11.8 Å². The number of nitrogens with zero attached hydrogens (tertiary/aromatic N) is 1. The number of alkyl halides is 3. The van der Waals surface area contributed by atoms with Crippen molar-refractivity contribution in [2.24, 2.45) is 11.8 Å². The number of β-lactam (4-membered cyclic amide) rings is 1. The number of hydrogen-bond donors (Lipinski definition) is 5. The molecule has 1 unspecified atom stereocenters. The van der Waals surface area contributed by atoms with Gasteiger partial charge in [-0.1, -0.05) is 19.1 Å². The minimum atomic E-state index is -4.58. The van der Waals surface area contributed by atoms with E-state index >= 15 is 0 Å². The van der Waals surface area contributed by atoms with Crippen LogP contribution in [0.4, 0.5) is 18.9 Å². The fourth-order valence-electron chi connectivity index (χ4n) is 4.91. The Morgan fingerprint density at radius 1 is 1.29 bits per heavy atom. The number of aliphatic hydroxyl groups excluding tert-OH is 1. The van der Waals surface area contributed by atoms with Crippen molar-refractivity contribution >= 4 is 35.2 Å². The molecular weight excluding hydrogens is 489 g/mol. The number of carboxylic acids is 1. The molecule has 1 aromatic carbocycles. The average molecular weight is 515 g/mol. The van der Waals surface area contributed by atoms with Crippen molar-refractivity contribution in [3.63, 3.8) is 0 Å². The van der Waals surface area contributed by atoms with Gasteiger partial charge in [0, 0.05) is 22.6 Å². The second kappa shape index (κ2) is 9.36. The molecule has 0 aromatic heterocycles. The molecule has 0 saturated carbocycles. The number of anilines is 1. The number of aliphatic hydroxyl groups is 1. The smallest absolute Gasteiger partial charge is 0.418 e. The number of thioether (sulfide) groups is 1. The number of hydrogen-bond acceptors (Lipinski definition) is 7. The number of nitrogens with one attached hydrogen (secondary N) is 3. The molecule has 1 aromatic rings. The van der Waals surface area contributed by atoms with E-state index in [1.165, 1.54) is 41.8 Å². The zero-order chi connectivity index (χ0) is 25.7. The third-order valence-electron chi connectivity index (χ3n) is 6.56. The van der Waals surface area contributed by atoms with Gasteiger partial charge in [-0.3, -0.25) is 20.4 Å². The van der Waals surface area contributed by atoms with Crippen molar-refractivity contribution < 1.29 is 37.8 Å². The quantitative estimate of drug-likeness (QED) is 0.275. The highest BCUT2D eigenvalue weighted by Gasteiger charge is 2.60. The van der Waals surface area contributed by atoms with Crippen LogP contribution < -0.4 is 16.2 Å². The standard InChI is InChI=1S/C22H25F3N4O5S/c1-9-16-15(10(2)30)20(32)29(16)17(21(33)34)18(9)35-11-7-14(26-8-11)19(31)28-27-13-6-4-3-5-12(13)22(23,24)25/h3-6,9-11,14-16,26-27,30H,7-8H2,1-2H3,(H,28,31)(H,33,34)/t9-,10?,11+,14+,15-,16-/m1/s1. The second-order valence-electron chi connectivity index (χ2n) is 8.87. The molecule has 13 heteroatoms. The lowest BCUT2D eigenvalue weighted by molar-refractivity contribution is -0.163. The van der Waals surface area contributed by atoms with E-state index in [2.05, 4.69) is 16.2 Å². The van der Waals surface area contributed by atoms with Gasteiger partial charge in [-0.25, -0.2) is 4.79 Å². The molecule has 0 bridgehead atoms. The van der Waals surface area contributed by atoms with Gasteiger partial charge in [0.2, 0.25) is 5.91 Å². The van der Waals surface area contributed by atoms with E-state index in [9.17, 15) is 37.8 Å². The van der Waals surface area contributed by atoms with Crippen molar-refractivity contribution in [2.45, 2.75) is 49.9 Å². The first-order valence-corrected chi connectivity index (χ1v) is 11.9. The molecule has 2 fully saturated rings. The fourth-order valence-corrected chi connectivity index (χ4v) is 6.39. The molecule has 0 radical (unpaired) electrons. The van der Waals surface area contributed by atoms with Crippen molar-refractivity contribution in [1.29, 1.82) is 0 Å². The highest BCUT2D eigenvalue weighted by Crippen LogP contribution is 2.51. The summed E-state index contributed by atoms with van der Waals surface area (Å²) in [6.07, 6.45) is -5.18. The third kappa shape index (κ3) is 4.59. The van der Waals surface area contributed by atoms with E-state index in [-0.39, 0.29) is 22.6 Å². The SMILES string of the molecule is CC(O)[C@H]1C(=O)N2C(C(=O)O)=C(S[C@@H]3CN[C@H](C(=O)NNc4ccccc4C(F)(F)F)C3)[C@H](C)[C@H]12. The van der Waals surface area contributed by atoms with Crippen LogP contribution in [0.3, 0.4) is 0 Å². The lowest BCUT2D eigenvalue weighted by Gasteiger charge is -2.46. The maximum absolute atomic E-state index is 13.1. The van der Waals surface area contributed by atoms with Crippen LogP contribution in [0.15, 0.2) is 34.9 Å². The van der Waals surface area contributed by atoms with Gasteiger partial charge in [0.1, 0.15) is 5.70 Å². The molecule has 5 N–H and O–H groups in total. The van der Waals surface area contributed by atoms with Gasteiger partial charge in [-0.05, 0) is 25.5 Å². The first-order valence-electron chi connectivity index (χ1n) is 11.0. The molecular formula is C22H25F3N4O5S. The first-order chi connectivity index (χ1) is 16.4. The Morgan fingerprint density at radius 2 is 1.97 bits per heavy atom. The first kappa shape index (κ1) is 25.3. The van der Waals surface area contributed by atoms with Gasteiger partial charge < -0.3 is 20.4 Å². The van der Waals surface area contributed by atoms with E-state index in [4.69, 9.17) is 0 Å². The van der Waals surface area contributed by atoms with Crippen LogP contribution in [0.5, 0.6) is 0 Å². The Labute approximate surface area is 203 Å². The predicted octanol–water partition coefficient (Wildman–Crippen LogP) is 1.77. The zero-order valence-corrected chi connectivity index (χ0v) is 19.6. The molecule has 35 heavy (non-hydrogen) atoms. The number of amides is 2. The summed E-state index contributed by atoms with van der Waals surface area (Å²) in [5.74, 6) is -3.16. The highest BCUT2D eigenvalue weighted by molar-refractivity contribution is 8.03. The summed E-state index contributed by atoms with van der Waals surface area (Å²) in [7, 11) is 0. The normalized spacial score (nSPS) is 29.0. The van der Waals surface area contributed by atoms with Crippen molar-refractivity contribution in [3.05, 3.63) is 40.4 Å². The van der Waals surface area contributed by atoms with Crippen molar-refractivity contribution in [1.82, 2.24) is 15.6 Å². The van der Waals surface area contributed by atoms with Gasteiger partial charge in [-0.2, -0.15) is 13.2 Å². The number of carbonyl (C=O) groups excluding carboxylic acids is 2. The minimum absolute atomic E-state index is 0.0901. The lowest BCUT2D eigenvalue weighted by atomic mass is 9.79. The number of aliphatic carboxylic acids is 1. The summed E-state index contributed by atoms with van der Waals surface area (Å²) in [4.78, 5) is 38.7. The number of halogens is 3. The number of para-hydroxylation sites is 1. The fraction of sp³-hybridized carbons (Fsp3) is 0.500. The van der Waals surface area contributed by atoms with E-state index < -0.39 is 53.6 Å². The van der Waals surface area contributed by atoms with Crippen LogP contribution in [-0.2, 0) is 20.6 Å². The summed E-state index contributed by atoms with van der Waals surface area (Å²) in [6, 6.07) is 3.64. The summed E-state index contributed by atoms with van der Waals surface area (Å²) >= 11 is 1.28. The van der Waals surface area contributed by atoms with Crippen molar-refractivity contribution in [3.8, 4) is 0 Å². The molecule has 190 valence electrons. The Morgan fingerprint density at radius 3 is 2.60 bits per heavy atom. The molecule has 4 rings (SSSR count). The molecule has 0 aliphatic carbocycles. The molecule has 6 atom stereocenters. The number of rotatable bonds is 7. The van der Waals surface area contributed by atoms with Gasteiger partial charge in [0.15, 0.2) is 0 Å². The predicted molar refractivity (Wildman–Crippen MR) is 121 cm³/mol. The summed E-state index contributed by atoms with van der Waals surface area (Å²) < 4.78 is 39.4. The maximum atomic E-state index is 13.1. The summed E-state index contributed by atoms with van der Waals surface area (Å²) in [6.45, 7) is 3.68. The van der Waals surface area contributed by atoms with Crippen LogP contribution in [0.1, 0.15) is 25.8 Å². The van der Waals surface area contributed by atoms with Crippen LogP contribution in [0.2, 0.25) is 0 Å². The second-order valence-corrected chi connectivity index (χ2v) is 10.2. The van der Waals surface area contributed by atoms with E-state index in [1.807, 2.05) is 6.92 Å². The van der Waals surface area contributed by atoms with Gasteiger partial charge >= 0.3 is 12.1 Å². The van der Waals surface area contributed by atoms with E-state index in [0.29, 0.717) is 17.9 Å². The molecule has 9 nitrogen and oxygen atoms in total. The molecule has 0 spiro atoms. The van der Waals surface area contributed by atoms with Crippen molar-refractivity contribution in [2.75, 3.05) is 12.0 Å². The largest absolute Gasteiger partial charge is 0.477 e. The molecule has 3 heterocycles. The summed E-state index contributed by atoms with van der Waals surface area (Å²) in [5, 5.41) is 22.5. The molecule has 3 aliphatic rings. The average Bonchev–Trinajstić information content (AvgIpc) is 3.33. The maximum Gasteiger partial charge on any atom is 0.418 e. The Hall–Kier alpha value is -2.77. The zero-order valence-electron chi connectivity index (χ0n) is 18.8. The number of hydrazine groups is 1. The Balaban J connectivity index is 1.39. The minimum Gasteiger partial charge on any atom is -0.477 e. The van der Waals surface area contributed by atoms with Gasteiger partial charge in [-0.15, -0.1) is 11.8 Å². The summed E-state index contributed by atoms with van der Waals surface area (Å²) in [5.41, 5.74) is 3.35. The number of benzene rings is 1. The number of fused-ring (bicyclic) bond motifs is 1. The lowest BCUT2D eigenvalue weighted by Crippen LogP contribution is -2.63. The van der Waals surface area contributed by atoms with Gasteiger partial charge in [0.25, 0.3) is 5.91 Å². The molecule has 3 aliphatic heterocycles.